The molecule has 0 fully saturated rings. The number of ketones is 1. The second-order valence-corrected chi connectivity index (χ2v) is 6.27. The van der Waals surface area contributed by atoms with E-state index in [4.69, 9.17) is 9.47 Å². The molecule has 0 unspecified atom stereocenters. The molecule has 0 aliphatic carbocycles. The van der Waals surface area contributed by atoms with E-state index < -0.39 is 0 Å². The zero-order chi connectivity index (χ0) is 16.9. The third kappa shape index (κ3) is 15.8. The van der Waals surface area contributed by atoms with Gasteiger partial charge >= 0.3 is 0 Å². The fourth-order valence-corrected chi connectivity index (χ4v) is 1.62. The highest BCUT2D eigenvalue weighted by Gasteiger charge is 2.22. The molecule has 0 spiro atoms. The van der Waals surface area contributed by atoms with Crippen LogP contribution in [-0.4, -0.2) is 43.8 Å². The number of carbonyl (C=O) groups excluding carboxylic acids is 1. The van der Waals surface area contributed by atoms with Gasteiger partial charge in [-0.1, -0.05) is 13.8 Å². The number of hydrogen-bond acceptors (Lipinski definition) is 4. The van der Waals surface area contributed by atoms with Crippen LogP contribution in [0.25, 0.3) is 0 Å². The van der Waals surface area contributed by atoms with Crippen molar-refractivity contribution in [1.29, 1.82) is 0 Å². The predicted molar refractivity (Wildman–Crippen MR) is 89.9 cm³/mol. The van der Waals surface area contributed by atoms with Gasteiger partial charge in [0.15, 0.2) is 0 Å². The van der Waals surface area contributed by atoms with Gasteiger partial charge in [-0.3, -0.25) is 0 Å². The SMILES string of the molecule is CC.CNCCOC(C)(C)CCOC(C)(C)CCC(C)=O. The molecule has 4 heteroatoms. The molecule has 0 rings (SSSR count). The molecule has 0 aliphatic rings. The van der Waals surface area contributed by atoms with Gasteiger partial charge < -0.3 is 19.6 Å². The van der Waals surface area contributed by atoms with Gasteiger partial charge in [0.2, 0.25) is 0 Å². The maximum absolute atomic E-state index is 11.0. The minimum Gasteiger partial charge on any atom is -0.375 e. The second kappa shape index (κ2) is 12.1. The van der Waals surface area contributed by atoms with E-state index >= 15 is 0 Å². The Morgan fingerprint density at radius 3 is 1.90 bits per heavy atom. The molecule has 0 aromatic carbocycles. The number of nitrogens with one attached hydrogen (secondary N) is 1. The lowest BCUT2D eigenvalue weighted by atomic mass is 10.0. The van der Waals surface area contributed by atoms with Gasteiger partial charge in [-0.05, 0) is 54.5 Å². The topological polar surface area (TPSA) is 47.6 Å². The molecule has 0 aromatic rings. The summed E-state index contributed by atoms with van der Waals surface area (Å²) < 4.78 is 11.7. The Hall–Kier alpha value is -0.450. The molecule has 21 heavy (non-hydrogen) atoms. The highest BCUT2D eigenvalue weighted by Crippen LogP contribution is 2.20. The largest absolute Gasteiger partial charge is 0.375 e. The Bertz CT molecular complexity index is 263. The highest BCUT2D eigenvalue weighted by molar-refractivity contribution is 5.75. The van der Waals surface area contributed by atoms with Gasteiger partial charge in [-0.2, -0.15) is 0 Å². The minimum atomic E-state index is -0.243. The van der Waals surface area contributed by atoms with Crippen LogP contribution < -0.4 is 5.32 Å². The molecule has 0 aromatic heterocycles. The Morgan fingerprint density at radius 2 is 1.43 bits per heavy atom. The molecule has 128 valence electrons. The number of likely N-dealkylation sites (N-methyl/N-ethyl adjacent to an activating group) is 1. The van der Waals surface area contributed by atoms with Crippen molar-refractivity contribution >= 4 is 5.78 Å². The maximum Gasteiger partial charge on any atom is 0.129 e. The van der Waals surface area contributed by atoms with Gasteiger partial charge in [0, 0.05) is 13.0 Å². The molecule has 0 saturated heterocycles. The van der Waals surface area contributed by atoms with E-state index in [0.29, 0.717) is 19.6 Å². The second-order valence-electron chi connectivity index (χ2n) is 6.27. The van der Waals surface area contributed by atoms with E-state index in [-0.39, 0.29) is 17.0 Å². The third-order valence-corrected chi connectivity index (χ3v) is 3.12. The molecule has 1 N–H and O–H groups in total. The monoisotopic (exact) mass is 303 g/mol. The zero-order valence-corrected chi connectivity index (χ0v) is 15.5. The molecular formula is C17H37NO3. The average molecular weight is 303 g/mol. The standard InChI is InChI=1S/C15H31NO3.C2H6/c1-13(17)7-8-14(2,3)18-11-9-15(4,5)19-12-10-16-6;1-2/h16H,7-12H2,1-6H3;1-2H3. The fourth-order valence-electron chi connectivity index (χ4n) is 1.62. The minimum absolute atomic E-state index is 0.173. The first kappa shape index (κ1) is 22.8. The zero-order valence-electron chi connectivity index (χ0n) is 15.5. The van der Waals surface area contributed by atoms with Gasteiger partial charge in [0.1, 0.15) is 5.78 Å². The van der Waals surface area contributed by atoms with Crippen LogP contribution in [0.3, 0.4) is 0 Å². The third-order valence-electron chi connectivity index (χ3n) is 3.12. The molecule has 0 atom stereocenters. The highest BCUT2D eigenvalue weighted by atomic mass is 16.5. The molecule has 0 bridgehead atoms. The number of carbonyl (C=O) groups is 1. The van der Waals surface area contributed by atoms with Gasteiger partial charge in [-0.15, -0.1) is 0 Å². The van der Waals surface area contributed by atoms with Gasteiger partial charge in [0.25, 0.3) is 0 Å². The van der Waals surface area contributed by atoms with Gasteiger partial charge in [-0.25, -0.2) is 0 Å². The molecular weight excluding hydrogens is 266 g/mol. The quantitative estimate of drug-likeness (QED) is 0.593. The fraction of sp³-hybridized carbons (Fsp3) is 0.941. The number of hydrogen-bond donors (Lipinski definition) is 1. The normalized spacial score (nSPS) is 11.8. The summed E-state index contributed by atoms with van der Waals surface area (Å²) in [5.74, 6) is 0.215. The predicted octanol–water partition coefficient (Wildman–Crippen LogP) is 3.58. The molecule has 4 nitrogen and oxygen atoms in total. The van der Waals surface area contributed by atoms with Crippen molar-refractivity contribution in [1.82, 2.24) is 5.32 Å². The first-order chi connectivity index (χ1) is 9.68. The first-order valence-electron chi connectivity index (χ1n) is 8.10. The van der Waals surface area contributed by atoms with Crippen molar-refractivity contribution in [2.45, 2.75) is 78.9 Å². The van der Waals surface area contributed by atoms with Gasteiger partial charge in [0.05, 0.1) is 24.4 Å². The van der Waals surface area contributed by atoms with Crippen molar-refractivity contribution in [3.8, 4) is 0 Å². The molecule has 0 amide bonds. The lowest BCUT2D eigenvalue weighted by Crippen LogP contribution is -2.32. The summed E-state index contributed by atoms with van der Waals surface area (Å²) in [5.41, 5.74) is -0.416. The van der Waals surface area contributed by atoms with Crippen LogP contribution in [-0.2, 0) is 14.3 Å². The van der Waals surface area contributed by atoms with Crippen molar-refractivity contribution < 1.29 is 14.3 Å². The number of ether oxygens (including phenoxy) is 2. The van der Waals surface area contributed by atoms with E-state index in [2.05, 4.69) is 19.2 Å². The molecule has 0 radical (unpaired) electrons. The molecule has 0 heterocycles. The van der Waals surface area contributed by atoms with Crippen molar-refractivity contribution in [3.63, 3.8) is 0 Å². The Labute approximate surface area is 132 Å². The van der Waals surface area contributed by atoms with Crippen LogP contribution in [0.4, 0.5) is 0 Å². The Morgan fingerprint density at radius 1 is 0.952 bits per heavy atom. The van der Waals surface area contributed by atoms with E-state index in [1.165, 1.54) is 0 Å². The van der Waals surface area contributed by atoms with Crippen molar-refractivity contribution in [3.05, 3.63) is 0 Å². The number of rotatable bonds is 11. The maximum atomic E-state index is 11.0. The lowest BCUT2D eigenvalue weighted by Gasteiger charge is -2.29. The number of Topliss-reactive ketones (excluding diaryl/α,β-unsaturated/α-hetero) is 1. The van der Waals surface area contributed by atoms with E-state index in [1.807, 2.05) is 34.7 Å². The summed E-state index contributed by atoms with van der Waals surface area (Å²) in [6.45, 7) is 16.1. The summed E-state index contributed by atoms with van der Waals surface area (Å²) >= 11 is 0. The summed E-state index contributed by atoms with van der Waals surface area (Å²) in [7, 11) is 1.91. The first-order valence-corrected chi connectivity index (χ1v) is 8.10. The lowest BCUT2D eigenvalue weighted by molar-refractivity contribution is -0.119. The van der Waals surface area contributed by atoms with E-state index in [0.717, 1.165) is 19.4 Å². The Balaban J connectivity index is 0. The summed E-state index contributed by atoms with van der Waals surface area (Å²) in [6, 6.07) is 0. The van der Waals surface area contributed by atoms with Crippen LogP contribution in [0.2, 0.25) is 0 Å². The van der Waals surface area contributed by atoms with Crippen LogP contribution in [0.1, 0.15) is 67.7 Å². The van der Waals surface area contributed by atoms with Crippen LogP contribution >= 0.6 is 0 Å². The van der Waals surface area contributed by atoms with E-state index in [9.17, 15) is 4.79 Å². The van der Waals surface area contributed by atoms with Crippen LogP contribution in [0.5, 0.6) is 0 Å². The van der Waals surface area contributed by atoms with Crippen molar-refractivity contribution in [2.24, 2.45) is 0 Å². The summed E-state index contributed by atoms with van der Waals surface area (Å²) in [4.78, 5) is 11.0. The average Bonchev–Trinajstić information content (AvgIpc) is 2.38. The smallest absolute Gasteiger partial charge is 0.129 e. The van der Waals surface area contributed by atoms with Crippen molar-refractivity contribution in [2.75, 3.05) is 26.8 Å². The van der Waals surface area contributed by atoms with Crippen LogP contribution in [0.15, 0.2) is 0 Å². The Kier molecular flexibility index (Phi) is 13.2. The molecule has 0 saturated carbocycles. The van der Waals surface area contributed by atoms with Crippen LogP contribution in [0, 0.1) is 0 Å². The van der Waals surface area contributed by atoms with E-state index in [1.54, 1.807) is 6.92 Å². The molecule has 0 aliphatic heterocycles. The summed E-state index contributed by atoms with van der Waals surface area (Å²) in [5, 5.41) is 3.06. The summed E-state index contributed by atoms with van der Waals surface area (Å²) in [6.07, 6.45) is 2.19.